The van der Waals surface area contributed by atoms with Gasteiger partial charge in [-0.1, -0.05) is 42.1 Å². The Morgan fingerprint density at radius 3 is 2.64 bits per heavy atom. The number of benzene rings is 2. The molecule has 0 spiro atoms. The van der Waals surface area contributed by atoms with Gasteiger partial charge in [-0.05, 0) is 43.7 Å². The van der Waals surface area contributed by atoms with Crippen LogP contribution in [0, 0.1) is 6.92 Å². The first-order valence-electron chi connectivity index (χ1n) is 9.09. The second kappa shape index (κ2) is 7.93. The van der Waals surface area contributed by atoms with Gasteiger partial charge in [0, 0.05) is 5.69 Å². The van der Waals surface area contributed by atoms with E-state index in [0.29, 0.717) is 11.8 Å². The van der Waals surface area contributed by atoms with Crippen LogP contribution in [0.4, 0.5) is 5.69 Å². The van der Waals surface area contributed by atoms with Crippen molar-refractivity contribution in [1.29, 1.82) is 0 Å². The zero-order valence-corrected chi connectivity index (χ0v) is 16.4. The number of para-hydroxylation sites is 1. The highest BCUT2D eigenvalue weighted by atomic mass is 32.2. The van der Waals surface area contributed by atoms with Gasteiger partial charge in [-0.25, -0.2) is 4.68 Å². The van der Waals surface area contributed by atoms with Gasteiger partial charge in [0.15, 0.2) is 0 Å². The molecule has 3 aromatic rings. The maximum Gasteiger partial charge on any atom is 0.240 e. The van der Waals surface area contributed by atoms with E-state index >= 15 is 0 Å². The van der Waals surface area contributed by atoms with E-state index in [0.717, 1.165) is 22.8 Å². The molecule has 0 saturated heterocycles. The molecule has 144 valence electrons. The maximum atomic E-state index is 13.1. The molecular formula is C20H21N5O2S. The second-order valence-electron chi connectivity index (χ2n) is 6.37. The van der Waals surface area contributed by atoms with Crippen molar-refractivity contribution in [3.63, 3.8) is 0 Å². The molecule has 4 rings (SSSR count). The van der Waals surface area contributed by atoms with Crippen molar-refractivity contribution >= 4 is 23.4 Å². The Morgan fingerprint density at radius 1 is 1.18 bits per heavy atom. The standard InChI is InChI=1S/C20H21N5O2S/c1-3-27-16-11-9-14(10-12-16)17-18(19(26)21-15-7-5-4-6-8-15)28-20-23-22-13(2)25(20)24-17/h4-12,17-18,24H,3H2,1-2H3,(H,21,26)/t17-,18+/m0/s1. The maximum absolute atomic E-state index is 13.1. The van der Waals surface area contributed by atoms with Crippen molar-refractivity contribution in [3.8, 4) is 5.75 Å². The monoisotopic (exact) mass is 395 g/mol. The molecule has 0 radical (unpaired) electrons. The van der Waals surface area contributed by atoms with Crippen molar-refractivity contribution in [3.05, 3.63) is 66.0 Å². The summed E-state index contributed by atoms with van der Waals surface area (Å²) < 4.78 is 7.37. The highest BCUT2D eigenvalue weighted by Crippen LogP contribution is 2.37. The number of fused-ring (bicyclic) bond motifs is 1. The van der Waals surface area contributed by atoms with Gasteiger partial charge >= 0.3 is 0 Å². The number of rotatable bonds is 5. The number of ether oxygens (including phenoxy) is 1. The Bertz CT molecular complexity index is 958. The van der Waals surface area contributed by atoms with Crippen molar-refractivity contribution in [2.24, 2.45) is 0 Å². The Morgan fingerprint density at radius 2 is 1.93 bits per heavy atom. The summed E-state index contributed by atoms with van der Waals surface area (Å²) >= 11 is 1.41. The molecule has 0 bridgehead atoms. The predicted octanol–water partition coefficient (Wildman–Crippen LogP) is 3.38. The molecule has 2 heterocycles. The first-order chi connectivity index (χ1) is 13.7. The number of nitrogens with zero attached hydrogens (tertiary/aromatic N) is 3. The van der Waals surface area contributed by atoms with Crippen LogP contribution < -0.4 is 15.5 Å². The minimum absolute atomic E-state index is 0.0884. The van der Waals surface area contributed by atoms with Gasteiger partial charge in [0.25, 0.3) is 0 Å². The molecule has 1 aliphatic rings. The van der Waals surface area contributed by atoms with Crippen molar-refractivity contribution in [1.82, 2.24) is 14.9 Å². The number of thioether (sulfide) groups is 1. The van der Waals surface area contributed by atoms with E-state index in [1.807, 2.05) is 73.1 Å². The molecule has 28 heavy (non-hydrogen) atoms. The number of carbonyl (C=O) groups is 1. The van der Waals surface area contributed by atoms with Gasteiger partial charge in [0.05, 0.1) is 12.6 Å². The minimum Gasteiger partial charge on any atom is -0.494 e. The number of hydrogen-bond acceptors (Lipinski definition) is 6. The highest BCUT2D eigenvalue weighted by molar-refractivity contribution is 8.00. The van der Waals surface area contributed by atoms with Crippen LogP contribution >= 0.6 is 11.8 Å². The fraction of sp³-hybridized carbons (Fsp3) is 0.250. The molecule has 7 nitrogen and oxygen atoms in total. The van der Waals surface area contributed by atoms with Crippen LogP contribution in [0.1, 0.15) is 24.4 Å². The first-order valence-corrected chi connectivity index (χ1v) is 9.97. The van der Waals surface area contributed by atoms with Gasteiger partial charge in [0.2, 0.25) is 11.1 Å². The third-order valence-corrected chi connectivity index (χ3v) is 5.66. The van der Waals surface area contributed by atoms with Crippen LogP contribution in [0.5, 0.6) is 5.75 Å². The smallest absolute Gasteiger partial charge is 0.240 e. The largest absolute Gasteiger partial charge is 0.494 e. The SMILES string of the molecule is CCOc1ccc([C@@H]2Nn3c(C)nnc3S[C@H]2C(=O)Nc2ccccc2)cc1. The molecule has 0 unspecified atom stereocenters. The van der Waals surface area contributed by atoms with Gasteiger partial charge in [-0.2, -0.15) is 0 Å². The lowest BCUT2D eigenvalue weighted by Gasteiger charge is -2.32. The fourth-order valence-electron chi connectivity index (χ4n) is 3.08. The number of amides is 1. The molecule has 2 N–H and O–H groups in total. The Hall–Kier alpha value is -3.00. The number of nitrogens with one attached hydrogen (secondary N) is 2. The van der Waals surface area contributed by atoms with Gasteiger partial charge in [0.1, 0.15) is 16.8 Å². The molecule has 8 heteroatoms. The molecule has 2 atom stereocenters. The summed E-state index contributed by atoms with van der Waals surface area (Å²) in [5.41, 5.74) is 5.15. The summed E-state index contributed by atoms with van der Waals surface area (Å²) in [5.74, 6) is 1.47. The van der Waals surface area contributed by atoms with Crippen LogP contribution in [0.15, 0.2) is 59.8 Å². The molecule has 0 aliphatic carbocycles. The van der Waals surface area contributed by atoms with Crippen molar-refractivity contribution in [2.45, 2.75) is 30.3 Å². The molecule has 2 aromatic carbocycles. The van der Waals surface area contributed by atoms with Crippen LogP contribution in [0.3, 0.4) is 0 Å². The van der Waals surface area contributed by atoms with E-state index in [9.17, 15) is 4.79 Å². The summed E-state index contributed by atoms with van der Waals surface area (Å²) in [6, 6.07) is 17.0. The summed E-state index contributed by atoms with van der Waals surface area (Å²) in [6.45, 7) is 4.44. The summed E-state index contributed by atoms with van der Waals surface area (Å²) in [4.78, 5) is 13.1. The van der Waals surface area contributed by atoms with Crippen LogP contribution in [0.25, 0.3) is 0 Å². The third-order valence-electron chi connectivity index (χ3n) is 4.45. The number of aromatic nitrogens is 3. The van der Waals surface area contributed by atoms with E-state index in [4.69, 9.17) is 4.74 Å². The molecule has 0 fully saturated rings. The van der Waals surface area contributed by atoms with E-state index in [1.54, 1.807) is 0 Å². The zero-order valence-electron chi connectivity index (χ0n) is 15.6. The Labute approximate surface area is 167 Å². The predicted molar refractivity (Wildman–Crippen MR) is 109 cm³/mol. The minimum atomic E-state index is -0.408. The normalized spacial score (nSPS) is 18.1. The summed E-state index contributed by atoms with van der Waals surface area (Å²) in [6.07, 6.45) is 0. The lowest BCUT2D eigenvalue weighted by atomic mass is 10.0. The fourth-order valence-corrected chi connectivity index (χ4v) is 4.21. The van der Waals surface area contributed by atoms with Crippen LogP contribution in [-0.2, 0) is 4.79 Å². The summed E-state index contributed by atoms with van der Waals surface area (Å²) in [7, 11) is 0. The average molecular weight is 395 g/mol. The number of anilines is 1. The molecule has 1 aromatic heterocycles. The summed E-state index contributed by atoms with van der Waals surface area (Å²) in [5, 5.41) is 11.6. The number of carbonyl (C=O) groups excluding carboxylic acids is 1. The van der Waals surface area contributed by atoms with Crippen LogP contribution in [-0.4, -0.2) is 32.6 Å². The second-order valence-corrected chi connectivity index (χ2v) is 7.48. The molecular weight excluding hydrogens is 374 g/mol. The third kappa shape index (κ3) is 3.68. The molecule has 1 amide bonds. The van der Waals surface area contributed by atoms with E-state index in [2.05, 4.69) is 20.9 Å². The quantitative estimate of drug-likeness (QED) is 0.689. The number of aryl methyl sites for hydroxylation is 1. The highest BCUT2D eigenvalue weighted by Gasteiger charge is 2.37. The number of hydrogen-bond donors (Lipinski definition) is 2. The van der Waals surface area contributed by atoms with Crippen LogP contribution in [0.2, 0.25) is 0 Å². The Balaban J connectivity index is 1.64. The van der Waals surface area contributed by atoms with E-state index < -0.39 is 5.25 Å². The van der Waals surface area contributed by atoms with Gasteiger partial charge in [-0.3, -0.25) is 4.79 Å². The van der Waals surface area contributed by atoms with E-state index in [1.165, 1.54) is 11.8 Å². The first kappa shape index (κ1) is 18.4. The molecule has 1 aliphatic heterocycles. The lowest BCUT2D eigenvalue weighted by molar-refractivity contribution is -0.116. The van der Waals surface area contributed by atoms with Crippen molar-refractivity contribution in [2.75, 3.05) is 17.3 Å². The van der Waals surface area contributed by atoms with Gasteiger partial charge < -0.3 is 15.5 Å². The zero-order chi connectivity index (χ0) is 19.5. The Kier molecular flexibility index (Phi) is 5.21. The lowest BCUT2D eigenvalue weighted by Crippen LogP contribution is -2.41. The average Bonchev–Trinajstić information content (AvgIpc) is 3.09. The topological polar surface area (TPSA) is 81.1 Å². The van der Waals surface area contributed by atoms with E-state index in [-0.39, 0.29) is 11.9 Å². The van der Waals surface area contributed by atoms with Gasteiger partial charge in [-0.15, -0.1) is 10.2 Å². The van der Waals surface area contributed by atoms with Crippen molar-refractivity contribution < 1.29 is 9.53 Å². The molecule has 0 saturated carbocycles.